The minimum atomic E-state index is -0.187. The first-order chi connectivity index (χ1) is 12.9. The summed E-state index contributed by atoms with van der Waals surface area (Å²) in [6.07, 6.45) is 6.19. The average Bonchev–Trinajstić information content (AvgIpc) is 3.27. The number of nitrogens with zero attached hydrogens (tertiary/aromatic N) is 4. The summed E-state index contributed by atoms with van der Waals surface area (Å²) in [4.78, 5) is 21.3. The number of H-pyrrole nitrogens is 1. The first-order valence-corrected chi connectivity index (χ1v) is 9.20. The molecule has 0 bridgehead atoms. The number of aryl methyl sites for hydroxylation is 1. The SMILES string of the molecule is Cc1cccnc1C[C@H](C)NC(=O)c1cc(Cn2ccnc2C(C)C)[nH]n1. The van der Waals surface area contributed by atoms with Crippen LogP contribution >= 0.6 is 0 Å². The van der Waals surface area contributed by atoms with Gasteiger partial charge in [0.25, 0.3) is 5.91 Å². The van der Waals surface area contributed by atoms with Gasteiger partial charge in [-0.1, -0.05) is 19.9 Å². The molecule has 2 N–H and O–H groups in total. The molecule has 0 spiro atoms. The molecule has 3 aromatic rings. The van der Waals surface area contributed by atoms with Gasteiger partial charge in [0, 0.05) is 42.7 Å². The molecule has 0 radical (unpaired) electrons. The molecule has 0 unspecified atom stereocenters. The van der Waals surface area contributed by atoms with Crippen LogP contribution in [0.3, 0.4) is 0 Å². The van der Waals surface area contributed by atoms with Gasteiger partial charge in [-0.05, 0) is 31.5 Å². The van der Waals surface area contributed by atoms with Crippen LogP contribution in [0, 0.1) is 6.92 Å². The van der Waals surface area contributed by atoms with Gasteiger partial charge < -0.3 is 9.88 Å². The molecule has 3 rings (SSSR count). The van der Waals surface area contributed by atoms with Crippen LogP contribution in [0.2, 0.25) is 0 Å². The Bertz CT molecular complexity index is 911. The molecule has 0 aliphatic rings. The highest BCUT2D eigenvalue weighted by Gasteiger charge is 2.16. The van der Waals surface area contributed by atoms with Crippen LogP contribution in [0.5, 0.6) is 0 Å². The molecule has 7 nitrogen and oxygen atoms in total. The van der Waals surface area contributed by atoms with Crippen LogP contribution in [0.25, 0.3) is 0 Å². The van der Waals surface area contributed by atoms with Gasteiger partial charge in [0.1, 0.15) is 11.5 Å². The van der Waals surface area contributed by atoms with E-state index in [1.54, 1.807) is 18.5 Å². The minimum absolute atomic E-state index is 0.0348. The van der Waals surface area contributed by atoms with Crippen molar-refractivity contribution in [3.63, 3.8) is 0 Å². The number of nitrogens with one attached hydrogen (secondary N) is 2. The smallest absolute Gasteiger partial charge is 0.271 e. The Hall–Kier alpha value is -2.96. The maximum absolute atomic E-state index is 12.5. The lowest BCUT2D eigenvalue weighted by atomic mass is 10.1. The lowest BCUT2D eigenvalue weighted by molar-refractivity contribution is 0.0935. The number of aromatic nitrogens is 5. The lowest BCUT2D eigenvalue weighted by Gasteiger charge is -2.13. The number of carbonyl (C=O) groups excluding carboxylic acids is 1. The molecule has 0 saturated heterocycles. The highest BCUT2D eigenvalue weighted by atomic mass is 16.2. The predicted octanol–water partition coefficient (Wildman–Crippen LogP) is 2.84. The number of hydrogen-bond donors (Lipinski definition) is 2. The zero-order chi connectivity index (χ0) is 19.4. The number of imidazole rings is 1. The van der Waals surface area contributed by atoms with Crippen LogP contribution in [0.1, 0.15) is 60.0 Å². The van der Waals surface area contributed by atoms with E-state index in [1.165, 1.54) is 0 Å². The summed E-state index contributed by atoms with van der Waals surface area (Å²) < 4.78 is 2.06. The van der Waals surface area contributed by atoms with Crippen molar-refractivity contribution in [3.8, 4) is 0 Å². The minimum Gasteiger partial charge on any atom is -0.348 e. The molecule has 3 aromatic heterocycles. The summed E-state index contributed by atoms with van der Waals surface area (Å²) in [6.45, 7) is 8.82. The summed E-state index contributed by atoms with van der Waals surface area (Å²) in [5.74, 6) is 1.16. The third-order valence-corrected chi connectivity index (χ3v) is 4.46. The second kappa shape index (κ2) is 8.16. The average molecular weight is 366 g/mol. The molecular formula is C20H26N6O. The molecule has 0 aromatic carbocycles. The van der Waals surface area contributed by atoms with Crippen LogP contribution in [0.15, 0.2) is 36.8 Å². The maximum atomic E-state index is 12.5. The van der Waals surface area contributed by atoms with E-state index in [-0.39, 0.29) is 11.9 Å². The van der Waals surface area contributed by atoms with Crippen molar-refractivity contribution in [2.45, 2.75) is 52.6 Å². The second-order valence-electron chi connectivity index (χ2n) is 7.19. The number of aromatic amines is 1. The van der Waals surface area contributed by atoms with Crippen LogP contribution in [-0.2, 0) is 13.0 Å². The van der Waals surface area contributed by atoms with Crippen LogP contribution < -0.4 is 5.32 Å². The summed E-state index contributed by atoms with van der Waals surface area (Å²) in [5.41, 5.74) is 3.38. The van der Waals surface area contributed by atoms with E-state index < -0.39 is 0 Å². The molecule has 0 saturated carbocycles. The zero-order valence-corrected chi connectivity index (χ0v) is 16.2. The number of amides is 1. The van der Waals surface area contributed by atoms with Crippen molar-refractivity contribution in [2.24, 2.45) is 0 Å². The fraction of sp³-hybridized carbons (Fsp3) is 0.400. The molecule has 0 fully saturated rings. The van der Waals surface area contributed by atoms with Gasteiger partial charge >= 0.3 is 0 Å². The Morgan fingerprint density at radius 3 is 2.81 bits per heavy atom. The van der Waals surface area contributed by atoms with Gasteiger partial charge in [0.2, 0.25) is 0 Å². The Morgan fingerprint density at radius 1 is 1.26 bits per heavy atom. The van der Waals surface area contributed by atoms with Gasteiger partial charge in [-0.3, -0.25) is 14.9 Å². The molecule has 1 atom stereocenters. The molecule has 0 aliphatic carbocycles. The summed E-state index contributed by atoms with van der Waals surface area (Å²) in [5, 5.41) is 10.1. The third-order valence-electron chi connectivity index (χ3n) is 4.46. The monoisotopic (exact) mass is 366 g/mol. The van der Waals surface area contributed by atoms with Crippen molar-refractivity contribution in [3.05, 3.63) is 65.3 Å². The second-order valence-corrected chi connectivity index (χ2v) is 7.19. The molecule has 0 aliphatic heterocycles. The molecule has 7 heteroatoms. The topological polar surface area (TPSA) is 88.5 Å². The van der Waals surface area contributed by atoms with E-state index in [0.29, 0.717) is 24.6 Å². The predicted molar refractivity (Wildman–Crippen MR) is 104 cm³/mol. The molecule has 142 valence electrons. The molecule has 1 amide bonds. The number of rotatable bonds is 7. The van der Waals surface area contributed by atoms with E-state index in [9.17, 15) is 4.79 Å². The van der Waals surface area contributed by atoms with Crippen molar-refractivity contribution < 1.29 is 4.79 Å². The first kappa shape index (κ1) is 18.8. The molecule has 27 heavy (non-hydrogen) atoms. The number of carbonyl (C=O) groups is 1. The Labute approximate surface area is 159 Å². The van der Waals surface area contributed by atoms with E-state index in [4.69, 9.17) is 0 Å². The highest BCUT2D eigenvalue weighted by molar-refractivity contribution is 5.92. The van der Waals surface area contributed by atoms with E-state index in [0.717, 1.165) is 22.8 Å². The van der Waals surface area contributed by atoms with Gasteiger partial charge in [0.05, 0.1) is 12.2 Å². The van der Waals surface area contributed by atoms with E-state index in [1.807, 2.05) is 32.2 Å². The zero-order valence-electron chi connectivity index (χ0n) is 16.2. The fourth-order valence-electron chi connectivity index (χ4n) is 3.07. The van der Waals surface area contributed by atoms with Crippen LogP contribution in [-0.4, -0.2) is 36.7 Å². The fourth-order valence-corrected chi connectivity index (χ4v) is 3.07. The molecular weight excluding hydrogens is 340 g/mol. The van der Waals surface area contributed by atoms with Gasteiger partial charge in [-0.25, -0.2) is 4.98 Å². The molecule has 3 heterocycles. The van der Waals surface area contributed by atoms with Gasteiger partial charge in [0.15, 0.2) is 0 Å². The Kier molecular flexibility index (Phi) is 5.69. The van der Waals surface area contributed by atoms with Gasteiger partial charge in [-0.2, -0.15) is 5.10 Å². The van der Waals surface area contributed by atoms with Crippen molar-refractivity contribution in [1.29, 1.82) is 0 Å². The normalized spacial score (nSPS) is 12.3. The van der Waals surface area contributed by atoms with Crippen molar-refractivity contribution >= 4 is 5.91 Å². The Morgan fingerprint density at radius 2 is 2.07 bits per heavy atom. The number of pyridine rings is 1. The Balaban J connectivity index is 1.61. The summed E-state index contributed by atoms with van der Waals surface area (Å²) in [6, 6.07) is 5.70. The standard InChI is InChI=1S/C20H26N6O/c1-13(2)19-22-8-9-26(19)12-16-11-18(25-24-16)20(27)23-15(4)10-17-14(3)6-5-7-21-17/h5-9,11,13,15H,10,12H2,1-4H3,(H,23,27)(H,24,25)/t15-/m0/s1. The third kappa shape index (κ3) is 4.61. The maximum Gasteiger partial charge on any atom is 0.271 e. The quantitative estimate of drug-likeness (QED) is 0.673. The largest absolute Gasteiger partial charge is 0.348 e. The lowest BCUT2D eigenvalue weighted by Crippen LogP contribution is -2.34. The first-order valence-electron chi connectivity index (χ1n) is 9.20. The highest BCUT2D eigenvalue weighted by Crippen LogP contribution is 2.14. The van der Waals surface area contributed by atoms with E-state index >= 15 is 0 Å². The summed E-state index contributed by atoms with van der Waals surface area (Å²) >= 11 is 0. The van der Waals surface area contributed by atoms with E-state index in [2.05, 4.69) is 43.9 Å². The number of hydrogen-bond acceptors (Lipinski definition) is 4. The van der Waals surface area contributed by atoms with Crippen molar-refractivity contribution in [1.82, 2.24) is 30.0 Å². The van der Waals surface area contributed by atoms with Gasteiger partial charge in [-0.15, -0.1) is 0 Å². The van der Waals surface area contributed by atoms with Crippen LogP contribution in [0.4, 0.5) is 0 Å². The van der Waals surface area contributed by atoms with Crippen molar-refractivity contribution in [2.75, 3.05) is 0 Å². The summed E-state index contributed by atoms with van der Waals surface area (Å²) in [7, 11) is 0.